The molecule has 0 unspecified atom stereocenters. The second-order valence-electron chi connectivity index (χ2n) is 10.2. The van der Waals surface area contributed by atoms with Gasteiger partial charge in [0, 0.05) is 23.5 Å². The molecule has 0 aliphatic rings. The Bertz CT molecular complexity index is 1970. The summed E-state index contributed by atoms with van der Waals surface area (Å²) < 4.78 is 49.5. The Balaban J connectivity index is 1.52. The Kier molecular flexibility index (Phi) is 8.77. The molecule has 0 atom stereocenters. The number of hydrogen-bond acceptors (Lipinski definition) is 7. The SMILES string of the molecule is COc1cc(-c2cncc(S(=O)(=O)CC(=O)O)c2)ccc1CN(Cc1ccc(CF)o1)C(=O)c1c(C)ccc2ccccc12. The Morgan fingerprint density at radius 2 is 1.73 bits per heavy atom. The molecule has 11 heteroatoms. The van der Waals surface area contributed by atoms with Gasteiger partial charge < -0.3 is 19.2 Å². The predicted octanol–water partition coefficient (Wildman–Crippen LogP) is 5.98. The lowest BCUT2D eigenvalue weighted by molar-refractivity contribution is -0.134. The van der Waals surface area contributed by atoms with Crippen LogP contribution in [-0.2, 0) is 34.4 Å². The number of amides is 1. The molecular formula is C33H29FN2O7S. The number of benzene rings is 3. The van der Waals surface area contributed by atoms with Crippen molar-refractivity contribution in [1.82, 2.24) is 9.88 Å². The van der Waals surface area contributed by atoms with Gasteiger partial charge in [0.15, 0.2) is 15.6 Å². The summed E-state index contributed by atoms with van der Waals surface area (Å²) in [6.45, 7) is 1.29. The van der Waals surface area contributed by atoms with E-state index >= 15 is 0 Å². The van der Waals surface area contributed by atoms with Gasteiger partial charge in [0.25, 0.3) is 5.91 Å². The van der Waals surface area contributed by atoms with E-state index in [0.717, 1.165) is 22.5 Å². The van der Waals surface area contributed by atoms with Crippen LogP contribution in [0.1, 0.15) is 33.0 Å². The van der Waals surface area contributed by atoms with Crippen LogP contribution in [0.15, 0.2) is 94.5 Å². The predicted molar refractivity (Wildman–Crippen MR) is 162 cm³/mol. The van der Waals surface area contributed by atoms with Gasteiger partial charge in [-0.2, -0.15) is 0 Å². The molecular weight excluding hydrogens is 587 g/mol. The number of carbonyl (C=O) groups excluding carboxylic acids is 1. The number of methoxy groups -OCH3 is 1. The molecule has 0 saturated carbocycles. The van der Waals surface area contributed by atoms with Crippen molar-refractivity contribution in [3.05, 3.63) is 113 Å². The zero-order valence-corrected chi connectivity index (χ0v) is 24.8. The number of rotatable bonds is 11. The summed E-state index contributed by atoms with van der Waals surface area (Å²) in [5, 5.41) is 10.7. The number of carboxylic acid groups (broad SMARTS) is 1. The lowest BCUT2D eigenvalue weighted by Gasteiger charge is -2.25. The van der Waals surface area contributed by atoms with Gasteiger partial charge in [0.1, 0.15) is 23.9 Å². The van der Waals surface area contributed by atoms with E-state index in [-0.39, 0.29) is 29.7 Å². The lowest BCUT2D eigenvalue weighted by atomic mass is 9.98. The average molecular weight is 617 g/mol. The maximum Gasteiger partial charge on any atom is 0.319 e. The van der Waals surface area contributed by atoms with E-state index in [1.54, 1.807) is 29.2 Å². The molecule has 0 radical (unpaired) electrons. The molecule has 44 heavy (non-hydrogen) atoms. The monoisotopic (exact) mass is 616 g/mol. The summed E-state index contributed by atoms with van der Waals surface area (Å²) in [6, 6.07) is 21.2. The van der Waals surface area contributed by atoms with Crippen LogP contribution in [0.5, 0.6) is 5.75 Å². The molecule has 9 nitrogen and oxygen atoms in total. The highest BCUT2D eigenvalue weighted by Gasteiger charge is 2.24. The van der Waals surface area contributed by atoms with Crippen molar-refractivity contribution in [2.45, 2.75) is 31.6 Å². The maximum absolute atomic E-state index is 14.2. The highest BCUT2D eigenvalue weighted by Crippen LogP contribution is 2.31. The Hall–Kier alpha value is -5.03. The summed E-state index contributed by atoms with van der Waals surface area (Å²) in [5.74, 6) is -1.75. The van der Waals surface area contributed by atoms with E-state index in [4.69, 9.17) is 14.3 Å². The number of pyridine rings is 1. The van der Waals surface area contributed by atoms with Crippen molar-refractivity contribution < 1.29 is 36.7 Å². The van der Waals surface area contributed by atoms with Crippen LogP contribution in [-0.4, -0.2) is 48.1 Å². The summed E-state index contributed by atoms with van der Waals surface area (Å²) in [6.07, 6.45) is 2.57. The fourth-order valence-electron chi connectivity index (χ4n) is 5.04. The zero-order valence-electron chi connectivity index (χ0n) is 24.0. The van der Waals surface area contributed by atoms with Crippen LogP contribution in [0.2, 0.25) is 0 Å². The number of sulfone groups is 1. The number of halogens is 1. The summed E-state index contributed by atoms with van der Waals surface area (Å²) in [4.78, 5) is 30.7. The third-order valence-corrected chi connectivity index (χ3v) is 8.77. The van der Waals surface area contributed by atoms with E-state index in [9.17, 15) is 22.4 Å². The highest BCUT2D eigenvalue weighted by atomic mass is 32.2. The summed E-state index contributed by atoms with van der Waals surface area (Å²) in [5.41, 5.74) is 3.01. The van der Waals surface area contributed by atoms with E-state index in [0.29, 0.717) is 33.8 Å². The highest BCUT2D eigenvalue weighted by molar-refractivity contribution is 7.92. The molecule has 3 aromatic carbocycles. The quantitative estimate of drug-likeness (QED) is 0.192. The van der Waals surface area contributed by atoms with Crippen LogP contribution in [0.3, 0.4) is 0 Å². The molecule has 0 aliphatic carbocycles. The van der Waals surface area contributed by atoms with Gasteiger partial charge in [-0.05, 0) is 53.1 Å². The standard InChI is InChI=1S/C33H29FN2O7S/c1-21-7-8-22-5-3-4-6-29(22)32(21)33(39)36(19-27-12-11-26(15-34)43-27)18-24-10-9-23(14-30(24)42-2)25-13-28(17-35-16-25)44(40,41)20-31(37)38/h3-14,16-17H,15,18-20H2,1-2H3,(H,37,38). The number of alkyl halides is 1. The Morgan fingerprint density at radius 3 is 2.45 bits per heavy atom. The van der Waals surface area contributed by atoms with Crippen molar-refractivity contribution in [2.75, 3.05) is 12.9 Å². The van der Waals surface area contributed by atoms with Crippen molar-refractivity contribution in [1.29, 1.82) is 0 Å². The minimum Gasteiger partial charge on any atom is -0.496 e. The maximum atomic E-state index is 14.2. The van der Waals surface area contributed by atoms with Gasteiger partial charge in [-0.25, -0.2) is 12.8 Å². The molecule has 2 aromatic heterocycles. The number of fused-ring (bicyclic) bond motifs is 1. The smallest absolute Gasteiger partial charge is 0.319 e. The first-order chi connectivity index (χ1) is 21.1. The van der Waals surface area contributed by atoms with Crippen molar-refractivity contribution >= 4 is 32.5 Å². The number of aliphatic carboxylic acids is 1. The van der Waals surface area contributed by atoms with Gasteiger partial charge in [-0.1, -0.05) is 48.5 Å². The first-order valence-corrected chi connectivity index (χ1v) is 15.2. The third kappa shape index (κ3) is 6.47. The second-order valence-corrected chi connectivity index (χ2v) is 12.2. The molecule has 5 aromatic rings. The number of furan rings is 1. The molecule has 1 N–H and O–H groups in total. The second kappa shape index (κ2) is 12.7. The van der Waals surface area contributed by atoms with Crippen LogP contribution in [0.25, 0.3) is 21.9 Å². The number of hydrogen-bond donors (Lipinski definition) is 1. The lowest BCUT2D eigenvalue weighted by Crippen LogP contribution is -2.31. The molecule has 0 saturated heterocycles. The topological polar surface area (TPSA) is 127 Å². The molecule has 1 amide bonds. The van der Waals surface area contributed by atoms with Gasteiger partial charge in [-0.15, -0.1) is 0 Å². The van der Waals surface area contributed by atoms with Crippen LogP contribution >= 0.6 is 0 Å². The molecule has 0 aliphatic heterocycles. The number of nitrogens with zero attached hydrogens (tertiary/aromatic N) is 2. The van der Waals surface area contributed by atoms with Gasteiger partial charge >= 0.3 is 5.97 Å². The minimum absolute atomic E-state index is 0.0692. The molecule has 0 fully saturated rings. The number of carboxylic acids is 1. The molecule has 0 bridgehead atoms. The first-order valence-electron chi connectivity index (χ1n) is 13.6. The molecule has 226 valence electrons. The number of aryl methyl sites for hydroxylation is 1. The Labute approximate surface area is 253 Å². The van der Waals surface area contributed by atoms with Gasteiger partial charge in [0.2, 0.25) is 0 Å². The van der Waals surface area contributed by atoms with Crippen LogP contribution in [0.4, 0.5) is 4.39 Å². The Morgan fingerprint density at radius 1 is 0.955 bits per heavy atom. The van der Waals surface area contributed by atoms with E-state index in [1.807, 2.05) is 43.3 Å². The number of carbonyl (C=O) groups is 2. The average Bonchev–Trinajstić information content (AvgIpc) is 3.47. The van der Waals surface area contributed by atoms with Gasteiger partial charge in [-0.3, -0.25) is 14.6 Å². The van der Waals surface area contributed by atoms with Gasteiger partial charge in [0.05, 0.1) is 30.7 Å². The molecule has 0 spiro atoms. The molecule has 5 rings (SSSR count). The number of aromatic nitrogens is 1. The van der Waals surface area contributed by atoms with Crippen LogP contribution < -0.4 is 4.74 Å². The summed E-state index contributed by atoms with van der Waals surface area (Å²) >= 11 is 0. The number of ether oxygens (including phenoxy) is 1. The van der Waals surface area contributed by atoms with Crippen molar-refractivity contribution in [3.8, 4) is 16.9 Å². The third-order valence-electron chi connectivity index (χ3n) is 7.20. The molecule has 2 heterocycles. The zero-order chi connectivity index (χ0) is 31.4. The fourth-order valence-corrected chi connectivity index (χ4v) is 6.06. The van der Waals surface area contributed by atoms with Crippen molar-refractivity contribution in [2.24, 2.45) is 0 Å². The summed E-state index contributed by atoms with van der Waals surface area (Å²) in [7, 11) is -2.60. The van der Waals surface area contributed by atoms with E-state index < -0.39 is 28.2 Å². The fraction of sp³-hybridized carbons (Fsp3) is 0.182. The van der Waals surface area contributed by atoms with Crippen LogP contribution in [0, 0.1) is 6.92 Å². The minimum atomic E-state index is -4.08. The van der Waals surface area contributed by atoms with Crippen molar-refractivity contribution in [3.63, 3.8) is 0 Å². The first kappa shape index (κ1) is 30.4. The largest absolute Gasteiger partial charge is 0.496 e. The van der Waals surface area contributed by atoms with E-state index in [2.05, 4.69) is 4.98 Å². The van der Waals surface area contributed by atoms with E-state index in [1.165, 1.54) is 25.4 Å². The normalized spacial score (nSPS) is 11.4.